The molecule has 1 saturated heterocycles. The van der Waals surface area contributed by atoms with E-state index in [9.17, 15) is 18.4 Å². The van der Waals surface area contributed by atoms with Crippen molar-refractivity contribution in [2.45, 2.75) is 19.9 Å². The van der Waals surface area contributed by atoms with E-state index in [0.29, 0.717) is 44.4 Å². The summed E-state index contributed by atoms with van der Waals surface area (Å²) in [5.74, 6) is -2.62. The molecule has 0 saturated carbocycles. The molecular weight excluding hydrogens is 452 g/mol. The number of amides is 2. The number of carbonyl (C=O) groups excluding carboxylic acids is 2. The van der Waals surface area contributed by atoms with Gasteiger partial charge in [0.25, 0.3) is 5.91 Å². The molecule has 2 amide bonds. The zero-order valence-corrected chi connectivity index (χ0v) is 19.4. The molecule has 1 fully saturated rings. The topological polar surface area (TPSA) is 61.9 Å². The Balaban J connectivity index is 1.51. The molecule has 0 unspecified atom stereocenters. The van der Waals surface area contributed by atoms with Crippen molar-refractivity contribution in [3.63, 3.8) is 0 Å². The number of halogens is 3. The van der Waals surface area contributed by atoms with Gasteiger partial charge in [0.15, 0.2) is 0 Å². The fourth-order valence-corrected chi connectivity index (χ4v) is 3.78. The van der Waals surface area contributed by atoms with Crippen LogP contribution in [0.2, 0.25) is 5.02 Å². The zero-order chi connectivity index (χ0) is 24.0. The van der Waals surface area contributed by atoms with Gasteiger partial charge in [0.1, 0.15) is 35.6 Å². The first-order valence-electron chi connectivity index (χ1n) is 10.9. The lowest BCUT2D eigenvalue weighted by Crippen LogP contribution is -2.56. The Morgan fingerprint density at radius 1 is 1.03 bits per heavy atom. The van der Waals surface area contributed by atoms with Crippen LogP contribution in [0.5, 0.6) is 5.75 Å². The third kappa shape index (κ3) is 6.65. The summed E-state index contributed by atoms with van der Waals surface area (Å²) < 4.78 is 33.6. The second-order valence-electron chi connectivity index (χ2n) is 8.26. The van der Waals surface area contributed by atoms with Crippen LogP contribution >= 0.6 is 11.6 Å². The molecule has 0 radical (unpaired) electrons. The summed E-state index contributed by atoms with van der Waals surface area (Å²) >= 11 is 5.87. The van der Waals surface area contributed by atoms with Crippen LogP contribution in [0, 0.1) is 17.6 Å². The molecule has 0 bridgehead atoms. The summed E-state index contributed by atoms with van der Waals surface area (Å²) in [5, 5.41) is 3.18. The second kappa shape index (κ2) is 11.4. The second-order valence-corrected chi connectivity index (χ2v) is 8.70. The van der Waals surface area contributed by atoms with E-state index in [0.717, 1.165) is 17.9 Å². The third-order valence-electron chi connectivity index (χ3n) is 5.58. The maximum Gasteiger partial charge on any atom is 0.257 e. The Hall–Kier alpha value is -2.71. The van der Waals surface area contributed by atoms with Crippen LogP contribution < -0.4 is 10.1 Å². The van der Waals surface area contributed by atoms with Crippen LogP contribution in [0.1, 0.15) is 24.2 Å². The van der Waals surface area contributed by atoms with E-state index < -0.39 is 29.1 Å². The van der Waals surface area contributed by atoms with Gasteiger partial charge < -0.3 is 15.0 Å². The van der Waals surface area contributed by atoms with Crippen molar-refractivity contribution in [3.8, 4) is 5.75 Å². The predicted molar refractivity (Wildman–Crippen MR) is 122 cm³/mol. The smallest absolute Gasteiger partial charge is 0.257 e. The molecule has 1 aliphatic heterocycles. The lowest BCUT2D eigenvalue weighted by atomic mass is 10.0. The molecule has 2 aromatic carbocycles. The minimum atomic E-state index is -0.961. The quantitative estimate of drug-likeness (QED) is 0.628. The first-order valence-corrected chi connectivity index (χ1v) is 11.3. The molecule has 0 aliphatic carbocycles. The number of hydrogen-bond acceptors (Lipinski definition) is 4. The van der Waals surface area contributed by atoms with Gasteiger partial charge in [-0.2, -0.15) is 0 Å². The summed E-state index contributed by atoms with van der Waals surface area (Å²) in [6.07, 6.45) is 0. The lowest BCUT2D eigenvalue weighted by Gasteiger charge is -2.37. The monoisotopic (exact) mass is 479 g/mol. The standard InChI is InChI=1S/C24H28ClF2N3O3/c1-16(2)22(28-23(31)21-19(26)4-3-5-20(21)27)24(32)30-12-10-29(11-13-30)14-15-33-18-8-6-17(25)7-9-18/h3-9,16,22H,10-15H2,1-2H3,(H,28,31)/t22-/m0/s1. The number of rotatable bonds is 8. The third-order valence-corrected chi connectivity index (χ3v) is 5.83. The number of benzene rings is 2. The van der Waals surface area contributed by atoms with E-state index in [2.05, 4.69) is 10.2 Å². The Labute approximate surface area is 197 Å². The minimum absolute atomic E-state index is 0.248. The minimum Gasteiger partial charge on any atom is -0.492 e. The van der Waals surface area contributed by atoms with Crippen LogP contribution in [0.3, 0.4) is 0 Å². The highest BCUT2D eigenvalue weighted by Crippen LogP contribution is 2.17. The molecule has 3 rings (SSSR count). The van der Waals surface area contributed by atoms with Crippen molar-refractivity contribution in [1.29, 1.82) is 0 Å². The molecule has 1 atom stereocenters. The van der Waals surface area contributed by atoms with Crippen molar-refractivity contribution in [2.75, 3.05) is 39.3 Å². The Morgan fingerprint density at radius 2 is 1.64 bits per heavy atom. The highest BCUT2D eigenvalue weighted by atomic mass is 35.5. The number of nitrogens with zero attached hydrogens (tertiary/aromatic N) is 2. The first-order chi connectivity index (χ1) is 15.8. The van der Waals surface area contributed by atoms with Crippen molar-refractivity contribution in [3.05, 3.63) is 64.7 Å². The van der Waals surface area contributed by atoms with Gasteiger partial charge in [0, 0.05) is 37.7 Å². The fourth-order valence-electron chi connectivity index (χ4n) is 3.65. The molecule has 1 aliphatic rings. The van der Waals surface area contributed by atoms with Gasteiger partial charge in [-0.1, -0.05) is 31.5 Å². The van der Waals surface area contributed by atoms with E-state index in [1.54, 1.807) is 30.9 Å². The molecule has 6 nitrogen and oxygen atoms in total. The summed E-state index contributed by atoms with van der Waals surface area (Å²) in [4.78, 5) is 29.5. The van der Waals surface area contributed by atoms with Gasteiger partial charge >= 0.3 is 0 Å². The molecule has 178 valence electrons. The van der Waals surface area contributed by atoms with Gasteiger partial charge in [0.05, 0.1) is 0 Å². The van der Waals surface area contributed by atoms with Gasteiger partial charge in [0.2, 0.25) is 5.91 Å². The molecule has 9 heteroatoms. The largest absolute Gasteiger partial charge is 0.492 e. The number of ether oxygens (including phenoxy) is 1. The summed E-state index contributed by atoms with van der Waals surface area (Å²) in [6, 6.07) is 9.50. The molecule has 2 aromatic rings. The summed E-state index contributed by atoms with van der Waals surface area (Å²) in [6.45, 7) is 7.10. The Morgan fingerprint density at radius 3 is 2.21 bits per heavy atom. The zero-order valence-electron chi connectivity index (χ0n) is 18.7. The van der Waals surface area contributed by atoms with Crippen molar-refractivity contribution in [2.24, 2.45) is 5.92 Å². The van der Waals surface area contributed by atoms with E-state index in [1.807, 2.05) is 12.1 Å². The number of piperazine rings is 1. The van der Waals surface area contributed by atoms with Crippen molar-refractivity contribution < 1.29 is 23.1 Å². The maximum atomic E-state index is 14.0. The average molecular weight is 480 g/mol. The highest BCUT2D eigenvalue weighted by Gasteiger charge is 2.32. The predicted octanol–water partition coefficient (Wildman–Crippen LogP) is 3.60. The van der Waals surface area contributed by atoms with Crippen LogP contribution in [0.4, 0.5) is 8.78 Å². The van der Waals surface area contributed by atoms with Crippen LogP contribution in [-0.2, 0) is 4.79 Å². The molecular formula is C24H28ClF2N3O3. The first kappa shape index (κ1) is 24.9. The average Bonchev–Trinajstić information content (AvgIpc) is 2.78. The highest BCUT2D eigenvalue weighted by molar-refractivity contribution is 6.30. The van der Waals surface area contributed by atoms with E-state index in [1.165, 1.54) is 6.07 Å². The van der Waals surface area contributed by atoms with Crippen molar-refractivity contribution in [1.82, 2.24) is 15.1 Å². The fraction of sp³-hybridized carbons (Fsp3) is 0.417. The Kier molecular flexibility index (Phi) is 8.63. The SMILES string of the molecule is CC(C)[C@H](NC(=O)c1c(F)cccc1F)C(=O)N1CCN(CCOc2ccc(Cl)cc2)CC1. The normalized spacial score (nSPS) is 15.4. The van der Waals surface area contributed by atoms with Crippen LogP contribution in [0.15, 0.2) is 42.5 Å². The van der Waals surface area contributed by atoms with Crippen LogP contribution in [-0.4, -0.2) is 67.0 Å². The molecule has 33 heavy (non-hydrogen) atoms. The molecule has 0 spiro atoms. The maximum absolute atomic E-state index is 14.0. The van der Waals surface area contributed by atoms with Crippen LogP contribution in [0.25, 0.3) is 0 Å². The lowest BCUT2D eigenvalue weighted by molar-refractivity contribution is -0.136. The van der Waals surface area contributed by atoms with Gasteiger partial charge in [-0.3, -0.25) is 14.5 Å². The Bertz CT molecular complexity index is 944. The van der Waals surface area contributed by atoms with E-state index >= 15 is 0 Å². The summed E-state index contributed by atoms with van der Waals surface area (Å²) in [5.41, 5.74) is -0.679. The van der Waals surface area contributed by atoms with E-state index in [-0.39, 0.29) is 11.8 Å². The number of carbonyl (C=O) groups is 2. The van der Waals surface area contributed by atoms with Gasteiger partial charge in [-0.15, -0.1) is 0 Å². The summed E-state index contributed by atoms with van der Waals surface area (Å²) in [7, 11) is 0. The van der Waals surface area contributed by atoms with Crippen molar-refractivity contribution >= 4 is 23.4 Å². The number of nitrogens with one attached hydrogen (secondary N) is 1. The number of hydrogen-bond donors (Lipinski definition) is 1. The molecule has 1 N–H and O–H groups in total. The molecule has 1 heterocycles. The van der Waals surface area contributed by atoms with Gasteiger partial charge in [-0.25, -0.2) is 8.78 Å². The van der Waals surface area contributed by atoms with Gasteiger partial charge in [-0.05, 0) is 42.3 Å². The van der Waals surface area contributed by atoms with E-state index in [4.69, 9.17) is 16.3 Å². The molecule has 0 aromatic heterocycles.